The first-order valence-corrected chi connectivity index (χ1v) is 7.92. The van der Waals surface area contributed by atoms with E-state index in [2.05, 4.69) is 10.4 Å². The van der Waals surface area contributed by atoms with E-state index in [-0.39, 0.29) is 24.3 Å². The summed E-state index contributed by atoms with van der Waals surface area (Å²) in [5, 5.41) is 6.37. The molecule has 0 saturated carbocycles. The van der Waals surface area contributed by atoms with Gasteiger partial charge in [-0.1, -0.05) is 12.1 Å². The van der Waals surface area contributed by atoms with Gasteiger partial charge in [-0.15, -0.1) is 0 Å². The van der Waals surface area contributed by atoms with Crippen LogP contribution in [0, 0.1) is 0 Å². The topological polar surface area (TPSA) is 84.3 Å². The molecule has 7 nitrogen and oxygen atoms in total. The summed E-state index contributed by atoms with van der Waals surface area (Å²) in [5.74, 6) is -2.50. The highest BCUT2D eigenvalue weighted by Crippen LogP contribution is 2.21. The van der Waals surface area contributed by atoms with Crippen LogP contribution in [0.3, 0.4) is 0 Å². The number of hydrogen-bond donors (Lipinski definition) is 1. The Hall–Kier alpha value is -3.17. The second-order valence-corrected chi connectivity index (χ2v) is 5.65. The van der Waals surface area contributed by atoms with Crippen molar-refractivity contribution in [1.29, 1.82) is 0 Å². The number of anilines is 1. The summed E-state index contributed by atoms with van der Waals surface area (Å²) in [6.45, 7) is 1.08. The molecule has 10 heteroatoms. The van der Waals surface area contributed by atoms with Gasteiger partial charge in [-0.25, -0.2) is 4.68 Å². The number of aromatic nitrogens is 2. The number of amides is 2. The van der Waals surface area contributed by atoms with E-state index in [0.29, 0.717) is 16.2 Å². The van der Waals surface area contributed by atoms with Crippen molar-refractivity contribution in [2.45, 2.75) is 19.6 Å². The van der Waals surface area contributed by atoms with Gasteiger partial charge in [0.15, 0.2) is 0 Å². The first-order valence-electron chi connectivity index (χ1n) is 7.92. The molecule has 0 aliphatic carbocycles. The molecule has 0 aliphatic rings. The SMILES string of the molecule is CCN(Cc1cccc(NC(=O)c2ccc(=O)n(C)n2)c1)C(=O)C(F)(F)F. The summed E-state index contributed by atoms with van der Waals surface area (Å²) in [6.07, 6.45) is -4.95. The van der Waals surface area contributed by atoms with Gasteiger partial charge in [-0.3, -0.25) is 14.4 Å². The highest BCUT2D eigenvalue weighted by Gasteiger charge is 2.41. The molecule has 0 aliphatic heterocycles. The lowest BCUT2D eigenvalue weighted by molar-refractivity contribution is -0.185. The van der Waals surface area contributed by atoms with Crippen LogP contribution in [0.4, 0.5) is 18.9 Å². The van der Waals surface area contributed by atoms with E-state index in [4.69, 9.17) is 0 Å². The molecule has 0 radical (unpaired) electrons. The molecule has 0 atom stereocenters. The molecule has 1 aromatic carbocycles. The Morgan fingerprint density at radius 1 is 1.22 bits per heavy atom. The summed E-state index contributed by atoms with van der Waals surface area (Å²) in [4.78, 5) is 35.6. The minimum absolute atomic E-state index is 0.00457. The quantitative estimate of drug-likeness (QED) is 0.857. The third-order valence-corrected chi connectivity index (χ3v) is 3.66. The Kier molecular flexibility index (Phi) is 5.98. The van der Waals surface area contributed by atoms with Gasteiger partial charge in [0.25, 0.3) is 11.5 Å². The van der Waals surface area contributed by atoms with Crippen molar-refractivity contribution in [2.75, 3.05) is 11.9 Å². The van der Waals surface area contributed by atoms with Crippen molar-refractivity contribution >= 4 is 17.5 Å². The smallest absolute Gasteiger partial charge is 0.331 e. The number of nitrogens with one attached hydrogen (secondary N) is 1. The van der Waals surface area contributed by atoms with Crippen molar-refractivity contribution < 1.29 is 22.8 Å². The number of carbonyl (C=O) groups is 2. The molecule has 2 amide bonds. The lowest BCUT2D eigenvalue weighted by atomic mass is 10.1. The molecule has 1 heterocycles. The zero-order valence-corrected chi connectivity index (χ0v) is 14.6. The average Bonchev–Trinajstić information content (AvgIpc) is 2.61. The Labute approximate surface area is 152 Å². The van der Waals surface area contributed by atoms with E-state index >= 15 is 0 Å². The third kappa shape index (κ3) is 5.16. The Morgan fingerprint density at radius 2 is 1.93 bits per heavy atom. The van der Waals surface area contributed by atoms with E-state index < -0.39 is 18.0 Å². The van der Waals surface area contributed by atoms with Crippen molar-refractivity contribution in [2.24, 2.45) is 7.05 Å². The fourth-order valence-electron chi connectivity index (χ4n) is 2.29. The molecule has 0 bridgehead atoms. The lowest BCUT2D eigenvalue weighted by Gasteiger charge is -2.22. The zero-order valence-electron chi connectivity index (χ0n) is 14.6. The first-order chi connectivity index (χ1) is 12.6. The molecule has 144 valence electrons. The number of aryl methyl sites for hydroxylation is 1. The van der Waals surface area contributed by atoms with Crippen molar-refractivity contribution in [3.63, 3.8) is 0 Å². The van der Waals surface area contributed by atoms with Gasteiger partial charge in [-0.2, -0.15) is 18.3 Å². The zero-order chi connectivity index (χ0) is 20.2. The molecule has 0 fully saturated rings. The van der Waals surface area contributed by atoms with E-state index in [1.807, 2.05) is 0 Å². The molecule has 0 spiro atoms. The molecule has 2 rings (SSSR count). The normalized spacial score (nSPS) is 11.1. The highest BCUT2D eigenvalue weighted by molar-refractivity contribution is 6.02. The molecule has 1 aromatic heterocycles. The molecular formula is C17H17F3N4O3. The van der Waals surface area contributed by atoms with Crippen LogP contribution >= 0.6 is 0 Å². The van der Waals surface area contributed by atoms with E-state index in [9.17, 15) is 27.6 Å². The van der Waals surface area contributed by atoms with E-state index in [1.54, 1.807) is 18.2 Å². The largest absolute Gasteiger partial charge is 0.471 e. The average molecular weight is 382 g/mol. The van der Waals surface area contributed by atoms with Crippen LogP contribution in [-0.4, -0.2) is 39.2 Å². The number of rotatable bonds is 5. The van der Waals surface area contributed by atoms with Crippen molar-refractivity contribution in [3.05, 3.63) is 58.0 Å². The number of halogens is 3. The van der Waals surface area contributed by atoms with Crippen LogP contribution < -0.4 is 10.9 Å². The molecule has 27 heavy (non-hydrogen) atoms. The Balaban J connectivity index is 2.14. The van der Waals surface area contributed by atoms with Gasteiger partial charge >= 0.3 is 12.1 Å². The fraction of sp³-hybridized carbons (Fsp3) is 0.294. The van der Waals surface area contributed by atoms with E-state index in [0.717, 1.165) is 4.68 Å². The number of hydrogen-bond acceptors (Lipinski definition) is 4. The first kappa shape index (κ1) is 20.1. The second kappa shape index (κ2) is 8.02. The van der Waals surface area contributed by atoms with Gasteiger partial charge in [-0.05, 0) is 30.7 Å². The second-order valence-electron chi connectivity index (χ2n) is 5.65. The number of alkyl halides is 3. The van der Waals surface area contributed by atoms with E-state index in [1.165, 1.54) is 32.2 Å². The summed E-state index contributed by atoms with van der Waals surface area (Å²) < 4.78 is 38.8. The molecular weight excluding hydrogens is 365 g/mol. The van der Waals surface area contributed by atoms with Crippen molar-refractivity contribution in [3.8, 4) is 0 Å². The minimum atomic E-state index is -4.95. The Morgan fingerprint density at radius 3 is 2.52 bits per heavy atom. The van der Waals surface area contributed by atoms with Crippen LogP contribution in [0.25, 0.3) is 0 Å². The van der Waals surface area contributed by atoms with Crippen LogP contribution in [0.15, 0.2) is 41.2 Å². The van der Waals surface area contributed by atoms with Gasteiger partial charge in [0.2, 0.25) is 0 Å². The van der Waals surface area contributed by atoms with Crippen LogP contribution in [-0.2, 0) is 18.4 Å². The summed E-state index contributed by atoms with van der Waals surface area (Å²) in [5.41, 5.74) is 0.372. The maximum Gasteiger partial charge on any atom is 0.471 e. The summed E-state index contributed by atoms with van der Waals surface area (Å²) in [7, 11) is 1.40. The Bertz CT molecular complexity index is 909. The van der Waals surface area contributed by atoms with Gasteiger partial charge in [0.1, 0.15) is 5.69 Å². The predicted octanol–water partition coefficient (Wildman–Crippen LogP) is 1.94. The third-order valence-electron chi connectivity index (χ3n) is 3.66. The molecule has 0 unspecified atom stereocenters. The summed E-state index contributed by atoms with van der Waals surface area (Å²) in [6, 6.07) is 8.57. The monoisotopic (exact) mass is 382 g/mol. The number of benzene rings is 1. The predicted molar refractivity (Wildman–Crippen MR) is 91.0 cm³/mol. The fourth-order valence-corrected chi connectivity index (χ4v) is 2.29. The maximum atomic E-state index is 12.6. The van der Waals surface area contributed by atoms with Crippen LogP contribution in [0.2, 0.25) is 0 Å². The van der Waals surface area contributed by atoms with Crippen LogP contribution in [0.1, 0.15) is 23.0 Å². The van der Waals surface area contributed by atoms with Crippen LogP contribution in [0.5, 0.6) is 0 Å². The highest BCUT2D eigenvalue weighted by atomic mass is 19.4. The number of nitrogens with zero attached hydrogens (tertiary/aromatic N) is 3. The lowest BCUT2D eigenvalue weighted by Crippen LogP contribution is -2.40. The molecule has 1 N–H and O–H groups in total. The molecule has 0 saturated heterocycles. The number of carbonyl (C=O) groups excluding carboxylic acids is 2. The van der Waals surface area contributed by atoms with Crippen molar-refractivity contribution in [1.82, 2.24) is 14.7 Å². The van der Waals surface area contributed by atoms with Gasteiger partial charge in [0.05, 0.1) is 0 Å². The van der Waals surface area contributed by atoms with Gasteiger partial charge < -0.3 is 10.2 Å². The van der Waals surface area contributed by atoms with Gasteiger partial charge in [0, 0.05) is 31.9 Å². The summed E-state index contributed by atoms with van der Waals surface area (Å²) >= 11 is 0. The standard InChI is InChI=1S/C17H17F3N4O3/c1-3-24(16(27)17(18,19)20)10-11-5-4-6-12(9-11)21-15(26)13-7-8-14(25)23(2)22-13/h4-9H,3,10H2,1-2H3,(H,21,26). The maximum absolute atomic E-state index is 12.6. The minimum Gasteiger partial charge on any atom is -0.331 e. The molecule has 2 aromatic rings.